The zero-order valence-corrected chi connectivity index (χ0v) is 21.1. The molecule has 2 heterocycles. The van der Waals surface area contributed by atoms with E-state index in [-0.39, 0.29) is 17.9 Å². The minimum Gasteiger partial charge on any atom is -0.506 e. The molecule has 0 bridgehead atoms. The summed E-state index contributed by atoms with van der Waals surface area (Å²) in [6.45, 7) is -0.167. The summed E-state index contributed by atoms with van der Waals surface area (Å²) in [6, 6.07) is 12.4. The molecular weight excluding hydrogens is 584 g/mol. The van der Waals surface area contributed by atoms with Crippen LogP contribution < -0.4 is 16.8 Å². The first-order valence-electron chi connectivity index (χ1n) is 11.0. The molecule has 0 aliphatic heterocycles. The number of esters is 1. The van der Waals surface area contributed by atoms with E-state index in [4.69, 9.17) is 4.74 Å². The molecule has 2 aromatic heterocycles. The van der Waals surface area contributed by atoms with E-state index in [1.165, 1.54) is 19.2 Å². The zero-order chi connectivity index (χ0) is 25.7. The molecule has 9 nitrogen and oxygen atoms in total. The molecule has 1 N–H and O–H groups in total. The first-order valence-corrected chi connectivity index (χ1v) is 12.1. The van der Waals surface area contributed by atoms with E-state index in [0.717, 1.165) is 13.7 Å². The third-order valence-electron chi connectivity index (χ3n) is 6.05. The van der Waals surface area contributed by atoms with Gasteiger partial charge in [-0.15, -0.1) is 0 Å². The van der Waals surface area contributed by atoms with Crippen molar-refractivity contribution in [3.8, 4) is 11.4 Å². The van der Waals surface area contributed by atoms with Gasteiger partial charge >= 0.3 is 11.7 Å². The van der Waals surface area contributed by atoms with Crippen molar-refractivity contribution in [3.05, 3.63) is 100 Å². The number of pyridine rings is 1. The summed E-state index contributed by atoms with van der Waals surface area (Å²) in [5.74, 6) is -2.80. The van der Waals surface area contributed by atoms with Gasteiger partial charge < -0.3 is 9.84 Å². The van der Waals surface area contributed by atoms with E-state index in [0.29, 0.717) is 22.0 Å². The van der Waals surface area contributed by atoms with E-state index < -0.39 is 51.3 Å². The van der Waals surface area contributed by atoms with Crippen LogP contribution in [0.2, 0.25) is 0 Å². The Morgan fingerprint density at radius 1 is 1.11 bits per heavy atom. The van der Waals surface area contributed by atoms with Crippen LogP contribution in [-0.4, -0.2) is 24.8 Å². The van der Waals surface area contributed by atoms with E-state index in [2.05, 4.69) is 0 Å². The van der Waals surface area contributed by atoms with Gasteiger partial charge in [0, 0.05) is 16.7 Å². The van der Waals surface area contributed by atoms with Gasteiger partial charge in [0.1, 0.15) is 23.5 Å². The highest BCUT2D eigenvalue weighted by molar-refractivity contribution is 14.1. The van der Waals surface area contributed by atoms with Crippen LogP contribution >= 0.6 is 22.6 Å². The molecule has 1 fully saturated rings. The molecule has 184 valence electrons. The molecule has 0 radical (unpaired) electrons. The van der Waals surface area contributed by atoms with Gasteiger partial charge in [0.15, 0.2) is 11.3 Å². The quantitative estimate of drug-likeness (QED) is 0.278. The molecule has 4 aromatic rings. The Morgan fingerprint density at radius 2 is 1.81 bits per heavy atom. The fourth-order valence-corrected chi connectivity index (χ4v) is 4.60. The van der Waals surface area contributed by atoms with Crippen LogP contribution in [0.3, 0.4) is 0 Å². The topological polar surface area (TPSA) is 113 Å². The van der Waals surface area contributed by atoms with Crippen molar-refractivity contribution < 1.29 is 19.0 Å². The number of hydrogen-bond donors (Lipinski definition) is 1. The summed E-state index contributed by atoms with van der Waals surface area (Å²) in [6.07, 6.45) is 1.10. The standard InChI is InChI=1S/C25H19FIN3O6/c1-28-21-18(20(31)19(22(28)32)24(34)36-12-13-5-3-2-4-6-13)23(33)29(15-8-9-15)25(35)30(21)17-10-7-14(27)11-16(17)26/h2-7,10-11,15,31H,8-9,12H2,1H3. The number of ether oxygens (including phenoxy) is 1. The number of carbonyl (C=O) groups is 1. The van der Waals surface area contributed by atoms with Crippen LogP contribution in [0.15, 0.2) is 62.9 Å². The van der Waals surface area contributed by atoms with Crippen molar-refractivity contribution in [2.75, 3.05) is 0 Å². The molecule has 1 aliphatic rings. The third kappa shape index (κ3) is 3.92. The number of hydrogen-bond acceptors (Lipinski definition) is 6. The minimum atomic E-state index is -1.13. The average molecular weight is 603 g/mol. The summed E-state index contributed by atoms with van der Waals surface area (Å²) in [4.78, 5) is 53.0. The number of aryl methyl sites for hydroxylation is 1. The normalized spacial score (nSPS) is 13.2. The number of carbonyl (C=O) groups excluding carboxylic acids is 1. The molecule has 11 heteroatoms. The van der Waals surface area contributed by atoms with Crippen LogP contribution in [0, 0.1) is 9.39 Å². The first-order chi connectivity index (χ1) is 17.2. The second-order valence-corrected chi connectivity index (χ2v) is 9.71. The number of aromatic hydroxyl groups is 1. The molecule has 5 rings (SSSR count). The smallest absolute Gasteiger partial charge is 0.347 e. The minimum absolute atomic E-state index is 0.167. The Hall–Kier alpha value is -3.74. The maximum atomic E-state index is 15.0. The van der Waals surface area contributed by atoms with Gasteiger partial charge in [-0.3, -0.25) is 18.7 Å². The van der Waals surface area contributed by atoms with Crippen molar-refractivity contribution in [2.45, 2.75) is 25.5 Å². The number of rotatable bonds is 5. The summed E-state index contributed by atoms with van der Waals surface area (Å²) >= 11 is 1.91. The van der Waals surface area contributed by atoms with E-state index >= 15 is 4.39 Å². The maximum Gasteiger partial charge on any atom is 0.347 e. The Morgan fingerprint density at radius 3 is 2.44 bits per heavy atom. The summed E-state index contributed by atoms with van der Waals surface area (Å²) in [5, 5.41) is 10.6. The van der Waals surface area contributed by atoms with E-state index in [9.17, 15) is 24.3 Å². The van der Waals surface area contributed by atoms with Gasteiger partial charge in [0.2, 0.25) is 0 Å². The largest absolute Gasteiger partial charge is 0.506 e. The van der Waals surface area contributed by atoms with E-state index in [1.54, 1.807) is 36.4 Å². The molecule has 0 amide bonds. The number of benzene rings is 2. The van der Waals surface area contributed by atoms with Crippen LogP contribution in [-0.2, 0) is 18.4 Å². The molecular formula is C25H19FIN3O6. The highest BCUT2D eigenvalue weighted by Crippen LogP contribution is 2.34. The molecule has 0 atom stereocenters. The number of aromatic nitrogens is 3. The van der Waals surface area contributed by atoms with Crippen molar-refractivity contribution in [3.63, 3.8) is 0 Å². The van der Waals surface area contributed by atoms with Crippen LogP contribution in [0.5, 0.6) is 5.75 Å². The van der Waals surface area contributed by atoms with Crippen molar-refractivity contribution >= 4 is 39.6 Å². The highest BCUT2D eigenvalue weighted by atomic mass is 127. The second kappa shape index (κ2) is 9.04. The lowest BCUT2D eigenvalue weighted by Gasteiger charge is -2.18. The van der Waals surface area contributed by atoms with Gasteiger partial charge in [-0.25, -0.2) is 18.5 Å². The van der Waals surface area contributed by atoms with E-state index in [1.807, 2.05) is 22.6 Å². The van der Waals surface area contributed by atoms with Gasteiger partial charge in [-0.2, -0.15) is 0 Å². The second-order valence-electron chi connectivity index (χ2n) is 8.47. The molecule has 1 aliphatic carbocycles. The summed E-state index contributed by atoms with van der Waals surface area (Å²) in [7, 11) is 1.24. The van der Waals surface area contributed by atoms with Gasteiger partial charge in [0.05, 0.1) is 5.69 Å². The van der Waals surface area contributed by atoms with Crippen LogP contribution in [0.4, 0.5) is 4.39 Å². The van der Waals surface area contributed by atoms with Gasteiger partial charge in [-0.1, -0.05) is 30.3 Å². The average Bonchev–Trinajstić information content (AvgIpc) is 3.68. The Labute approximate surface area is 216 Å². The molecule has 2 aromatic carbocycles. The van der Waals surface area contributed by atoms with Crippen molar-refractivity contribution in [1.29, 1.82) is 0 Å². The highest BCUT2D eigenvalue weighted by Gasteiger charge is 2.33. The molecule has 36 heavy (non-hydrogen) atoms. The maximum absolute atomic E-state index is 15.0. The number of nitrogens with zero attached hydrogens (tertiary/aromatic N) is 3. The van der Waals surface area contributed by atoms with Crippen molar-refractivity contribution in [1.82, 2.24) is 13.7 Å². The number of fused-ring (bicyclic) bond motifs is 1. The van der Waals surface area contributed by atoms with Gasteiger partial charge in [-0.05, 0) is 59.2 Å². The Bertz CT molecular complexity index is 1720. The number of halogens is 2. The SMILES string of the molecule is Cn1c(=O)c(C(=O)OCc2ccccc2)c(O)c2c(=O)n(C3CC3)c(=O)n(-c3ccc(I)cc3F)c21. The fourth-order valence-electron chi connectivity index (χ4n) is 4.14. The first kappa shape index (κ1) is 24.0. The summed E-state index contributed by atoms with van der Waals surface area (Å²) in [5.41, 5.74) is -3.33. The van der Waals surface area contributed by atoms with Crippen LogP contribution in [0.1, 0.15) is 34.8 Å². The lowest BCUT2D eigenvalue weighted by atomic mass is 10.1. The van der Waals surface area contributed by atoms with Crippen molar-refractivity contribution in [2.24, 2.45) is 7.05 Å². The lowest BCUT2D eigenvalue weighted by molar-refractivity contribution is 0.0467. The van der Waals surface area contributed by atoms with Gasteiger partial charge in [0.25, 0.3) is 11.1 Å². The predicted octanol–water partition coefficient (Wildman–Crippen LogP) is 2.99. The third-order valence-corrected chi connectivity index (χ3v) is 6.73. The molecule has 0 spiro atoms. The lowest BCUT2D eigenvalue weighted by Crippen LogP contribution is -2.42. The molecule has 0 unspecified atom stereocenters. The molecule has 1 saturated carbocycles. The zero-order valence-electron chi connectivity index (χ0n) is 18.9. The summed E-state index contributed by atoms with van der Waals surface area (Å²) < 4.78 is 23.5. The monoisotopic (exact) mass is 603 g/mol. The van der Waals surface area contributed by atoms with Crippen LogP contribution in [0.25, 0.3) is 16.7 Å². The Kier molecular flexibility index (Phi) is 6.02. The molecule has 0 saturated heterocycles. The fraction of sp³-hybridized carbons (Fsp3) is 0.200. The Balaban J connectivity index is 1.79. The predicted molar refractivity (Wildman–Crippen MR) is 137 cm³/mol.